The molecule has 23 heavy (non-hydrogen) atoms. The van der Waals surface area contributed by atoms with Crippen LogP contribution in [0.15, 0.2) is 30.3 Å². The van der Waals surface area contributed by atoms with Gasteiger partial charge in [-0.15, -0.1) is 0 Å². The van der Waals surface area contributed by atoms with E-state index in [9.17, 15) is 4.79 Å². The van der Waals surface area contributed by atoms with Crippen molar-refractivity contribution in [2.24, 2.45) is 0 Å². The Hall–Kier alpha value is -1.43. The lowest BCUT2D eigenvalue weighted by molar-refractivity contribution is -0.178. The van der Waals surface area contributed by atoms with E-state index in [2.05, 4.69) is 0 Å². The maximum Gasteiger partial charge on any atom is 0.305 e. The number of esters is 1. The van der Waals surface area contributed by atoms with Crippen LogP contribution in [0, 0.1) is 0 Å². The second-order valence-corrected chi connectivity index (χ2v) is 6.26. The standard InChI is InChI=1S/C18H26O5/c1-4-21-16(19)10-11-18(14-22-17(2,3)23-18)13-20-12-15-8-6-5-7-9-15/h5-9H,4,10-14H2,1-3H3/t18-/m0/s1. The zero-order valence-electron chi connectivity index (χ0n) is 14.2. The van der Waals surface area contributed by atoms with Crippen molar-refractivity contribution in [1.82, 2.24) is 0 Å². The molecule has 2 rings (SSSR count). The lowest BCUT2D eigenvalue weighted by atomic mass is 9.99. The highest BCUT2D eigenvalue weighted by atomic mass is 16.8. The van der Waals surface area contributed by atoms with E-state index in [1.54, 1.807) is 6.92 Å². The third-order valence-corrected chi connectivity index (χ3v) is 3.71. The number of hydrogen-bond acceptors (Lipinski definition) is 5. The third kappa shape index (κ3) is 5.61. The number of carbonyl (C=O) groups is 1. The van der Waals surface area contributed by atoms with E-state index in [0.29, 0.717) is 39.3 Å². The highest BCUT2D eigenvalue weighted by Crippen LogP contribution is 2.35. The van der Waals surface area contributed by atoms with Crippen molar-refractivity contribution in [3.05, 3.63) is 35.9 Å². The molecule has 0 aliphatic carbocycles. The number of carbonyl (C=O) groups excluding carboxylic acids is 1. The second-order valence-electron chi connectivity index (χ2n) is 6.26. The zero-order valence-corrected chi connectivity index (χ0v) is 14.2. The minimum Gasteiger partial charge on any atom is -0.466 e. The van der Waals surface area contributed by atoms with Gasteiger partial charge in [0.2, 0.25) is 0 Å². The summed E-state index contributed by atoms with van der Waals surface area (Å²) in [5.41, 5.74) is 0.497. The molecule has 1 aliphatic heterocycles. The van der Waals surface area contributed by atoms with Gasteiger partial charge in [0.05, 0.1) is 26.4 Å². The van der Waals surface area contributed by atoms with Gasteiger partial charge in [0.1, 0.15) is 5.60 Å². The molecular formula is C18H26O5. The van der Waals surface area contributed by atoms with E-state index in [1.165, 1.54) is 0 Å². The van der Waals surface area contributed by atoms with Gasteiger partial charge < -0.3 is 18.9 Å². The van der Waals surface area contributed by atoms with Gasteiger partial charge in [-0.25, -0.2) is 0 Å². The first-order valence-electron chi connectivity index (χ1n) is 8.06. The van der Waals surface area contributed by atoms with Crippen LogP contribution in [0.25, 0.3) is 0 Å². The molecule has 1 heterocycles. The Morgan fingerprint density at radius 3 is 2.61 bits per heavy atom. The Balaban J connectivity index is 1.90. The zero-order chi connectivity index (χ0) is 16.8. The summed E-state index contributed by atoms with van der Waals surface area (Å²) in [5, 5.41) is 0. The van der Waals surface area contributed by atoms with Crippen LogP contribution in [-0.2, 0) is 30.3 Å². The van der Waals surface area contributed by atoms with Crippen molar-refractivity contribution in [3.63, 3.8) is 0 Å². The Kier molecular flexibility index (Phi) is 6.16. The Bertz CT molecular complexity index is 499. The molecular weight excluding hydrogens is 296 g/mol. The Morgan fingerprint density at radius 1 is 1.26 bits per heavy atom. The number of ether oxygens (including phenoxy) is 4. The maximum atomic E-state index is 11.6. The minimum absolute atomic E-state index is 0.219. The molecule has 0 N–H and O–H groups in total. The van der Waals surface area contributed by atoms with Crippen LogP contribution >= 0.6 is 0 Å². The SMILES string of the molecule is CCOC(=O)CC[C@]1(COCc2ccccc2)COC(C)(C)O1. The van der Waals surface area contributed by atoms with Crippen LogP contribution in [-0.4, -0.2) is 37.2 Å². The topological polar surface area (TPSA) is 54.0 Å². The fourth-order valence-corrected chi connectivity index (χ4v) is 2.64. The van der Waals surface area contributed by atoms with Gasteiger partial charge in [-0.3, -0.25) is 4.79 Å². The molecule has 5 nitrogen and oxygen atoms in total. The van der Waals surface area contributed by atoms with Gasteiger partial charge >= 0.3 is 5.97 Å². The first-order valence-corrected chi connectivity index (χ1v) is 8.06. The van der Waals surface area contributed by atoms with Crippen LogP contribution in [0.5, 0.6) is 0 Å². The van der Waals surface area contributed by atoms with Gasteiger partial charge in [0.25, 0.3) is 0 Å². The summed E-state index contributed by atoms with van der Waals surface area (Å²) in [5.74, 6) is -0.881. The summed E-state index contributed by atoms with van der Waals surface area (Å²) in [7, 11) is 0. The lowest BCUT2D eigenvalue weighted by Crippen LogP contribution is -2.40. The van der Waals surface area contributed by atoms with E-state index in [1.807, 2.05) is 44.2 Å². The van der Waals surface area contributed by atoms with E-state index in [-0.39, 0.29) is 5.97 Å². The maximum absolute atomic E-state index is 11.6. The van der Waals surface area contributed by atoms with E-state index >= 15 is 0 Å². The largest absolute Gasteiger partial charge is 0.466 e. The summed E-state index contributed by atoms with van der Waals surface area (Å²) in [6, 6.07) is 9.96. The van der Waals surface area contributed by atoms with Crippen molar-refractivity contribution < 1.29 is 23.7 Å². The number of benzene rings is 1. The summed E-state index contributed by atoms with van der Waals surface area (Å²) in [6.45, 7) is 7.23. The summed E-state index contributed by atoms with van der Waals surface area (Å²) in [4.78, 5) is 11.6. The summed E-state index contributed by atoms with van der Waals surface area (Å²) >= 11 is 0. The number of rotatable bonds is 8. The average molecular weight is 322 g/mol. The van der Waals surface area contributed by atoms with E-state index < -0.39 is 11.4 Å². The predicted octanol–water partition coefficient (Wildman–Crippen LogP) is 3.07. The van der Waals surface area contributed by atoms with Crippen LogP contribution in [0.1, 0.15) is 39.2 Å². The normalized spacial score (nSPS) is 22.9. The average Bonchev–Trinajstić information content (AvgIpc) is 2.83. The first-order chi connectivity index (χ1) is 10.9. The molecule has 1 fully saturated rings. The molecule has 0 unspecified atom stereocenters. The van der Waals surface area contributed by atoms with Gasteiger partial charge in [-0.1, -0.05) is 30.3 Å². The molecule has 0 bridgehead atoms. The van der Waals surface area contributed by atoms with Crippen molar-refractivity contribution >= 4 is 5.97 Å². The molecule has 0 amide bonds. The monoisotopic (exact) mass is 322 g/mol. The van der Waals surface area contributed by atoms with Crippen molar-refractivity contribution in [2.75, 3.05) is 19.8 Å². The van der Waals surface area contributed by atoms with Gasteiger partial charge in [-0.2, -0.15) is 0 Å². The van der Waals surface area contributed by atoms with Crippen LogP contribution in [0.2, 0.25) is 0 Å². The van der Waals surface area contributed by atoms with Gasteiger partial charge in [-0.05, 0) is 32.8 Å². The molecule has 1 atom stereocenters. The molecule has 1 saturated heterocycles. The van der Waals surface area contributed by atoms with Crippen LogP contribution in [0.3, 0.4) is 0 Å². The summed E-state index contributed by atoms with van der Waals surface area (Å²) in [6.07, 6.45) is 0.812. The summed E-state index contributed by atoms with van der Waals surface area (Å²) < 4.78 is 22.6. The smallest absolute Gasteiger partial charge is 0.305 e. The van der Waals surface area contributed by atoms with Gasteiger partial charge in [0.15, 0.2) is 5.79 Å². The molecule has 1 aliphatic rings. The second kappa shape index (κ2) is 7.90. The van der Waals surface area contributed by atoms with Crippen molar-refractivity contribution in [1.29, 1.82) is 0 Å². The Morgan fingerprint density at radius 2 is 2.00 bits per heavy atom. The molecule has 128 valence electrons. The molecule has 5 heteroatoms. The van der Waals surface area contributed by atoms with Crippen LogP contribution in [0.4, 0.5) is 0 Å². The van der Waals surface area contributed by atoms with Crippen LogP contribution < -0.4 is 0 Å². The van der Waals surface area contributed by atoms with E-state index in [0.717, 1.165) is 5.56 Å². The quantitative estimate of drug-likeness (QED) is 0.689. The molecule has 0 spiro atoms. The molecule has 1 aromatic carbocycles. The molecule has 0 saturated carbocycles. The van der Waals surface area contributed by atoms with E-state index in [4.69, 9.17) is 18.9 Å². The third-order valence-electron chi connectivity index (χ3n) is 3.71. The predicted molar refractivity (Wildman–Crippen MR) is 85.8 cm³/mol. The minimum atomic E-state index is -0.662. The fraction of sp³-hybridized carbons (Fsp3) is 0.611. The van der Waals surface area contributed by atoms with Crippen molar-refractivity contribution in [2.45, 2.75) is 51.6 Å². The van der Waals surface area contributed by atoms with Crippen molar-refractivity contribution in [3.8, 4) is 0 Å². The highest BCUT2D eigenvalue weighted by Gasteiger charge is 2.45. The fourth-order valence-electron chi connectivity index (χ4n) is 2.64. The molecule has 1 aromatic rings. The molecule has 0 aromatic heterocycles. The van der Waals surface area contributed by atoms with Gasteiger partial charge in [0, 0.05) is 6.42 Å². The number of hydrogen-bond donors (Lipinski definition) is 0. The molecule has 0 radical (unpaired) electrons. The lowest BCUT2D eigenvalue weighted by Gasteiger charge is -2.28. The highest BCUT2D eigenvalue weighted by molar-refractivity contribution is 5.69. The Labute approximate surface area is 137 Å². The first kappa shape index (κ1) is 17.9.